The lowest BCUT2D eigenvalue weighted by Crippen LogP contribution is -2.64. The summed E-state index contributed by atoms with van der Waals surface area (Å²) in [5, 5.41) is 15.1. The molecule has 1 saturated carbocycles. The first-order valence-corrected chi connectivity index (χ1v) is 14.1. The van der Waals surface area contributed by atoms with Crippen molar-refractivity contribution in [2.24, 2.45) is 5.41 Å². The normalized spacial score (nSPS) is 24.2. The standard InChI is InChI=1S/C31H35N5O4/c37-27-19-36(26(18-32-27)24-11-5-2-6-12-24)29(39)34-16-15-31(40,30(20-34)13-7-8-14-30)21-35-22-33-25(17-28(35)38)23-9-3-1-4-10-23/h1-6,9-12,17,22,26,40H,7-8,13-16,18-21H2,(H,32,37). The van der Waals surface area contributed by atoms with E-state index in [-0.39, 0.29) is 36.6 Å². The van der Waals surface area contributed by atoms with E-state index in [1.165, 1.54) is 17.0 Å². The number of rotatable bonds is 4. The summed E-state index contributed by atoms with van der Waals surface area (Å²) in [6.45, 7) is 1.25. The molecule has 3 amide bonds. The van der Waals surface area contributed by atoms with Gasteiger partial charge >= 0.3 is 6.03 Å². The van der Waals surface area contributed by atoms with Crippen molar-refractivity contribution in [1.82, 2.24) is 24.7 Å². The maximum Gasteiger partial charge on any atom is 0.321 e. The van der Waals surface area contributed by atoms with Gasteiger partial charge in [-0.1, -0.05) is 73.5 Å². The molecular weight excluding hydrogens is 506 g/mol. The van der Waals surface area contributed by atoms with Crippen LogP contribution in [-0.2, 0) is 11.3 Å². The minimum atomic E-state index is -1.15. The second-order valence-electron chi connectivity index (χ2n) is 11.4. The van der Waals surface area contributed by atoms with Crippen LogP contribution in [0.3, 0.4) is 0 Å². The Morgan fingerprint density at radius 2 is 1.70 bits per heavy atom. The number of carbonyl (C=O) groups excluding carboxylic acids is 2. The number of hydrogen-bond donors (Lipinski definition) is 2. The number of piperidine rings is 1. The van der Waals surface area contributed by atoms with Gasteiger partial charge < -0.3 is 20.2 Å². The average molecular weight is 542 g/mol. The van der Waals surface area contributed by atoms with Gasteiger partial charge in [0.05, 0.1) is 30.2 Å². The molecule has 3 aliphatic rings. The van der Waals surface area contributed by atoms with Crippen molar-refractivity contribution in [2.45, 2.75) is 50.3 Å². The van der Waals surface area contributed by atoms with Crippen LogP contribution in [0.1, 0.15) is 43.7 Å². The number of aliphatic hydroxyl groups is 1. The number of hydrogen-bond acceptors (Lipinski definition) is 5. The van der Waals surface area contributed by atoms with Gasteiger partial charge in [0.2, 0.25) is 5.91 Å². The second-order valence-corrected chi connectivity index (χ2v) is 11.4. The van der Waals surface area contributed by atoms with E-state index in [1.807, 2.05) is 65.6 Å². The number of aromatic nitrogens is 2. The lowest BCUT2D eigenvalue weighted by molar-refractivity contribution is -0.138. The molecule has 1 aromatic heterocycles. The molecular formula is C31H35N5O4. The third-order valence-corrected chi connectivity index (χ3v) is 9.10. The molecule has 2 saturated heterocycles. The van der Waals surface area contributed by atoms with E-state index in [4.69, 9.17) is 0 Å². The molecule has 9 nitrogen and oxygen atoms in total. The highest BCUT2D eigenvalue weighted by atomic mass is 16.3. The highest BCUT2D eigenvalue weighted by molar-refractivity contribution is 5.86. The van der Waals surface area contributed by atoms with Gasteiger partial charge in [-0.2, -0.15) is 0 Å². The Morgan fingerprint density at radius 1 is 1.00 bits per heavy atom. The monoisotopic (exact) mass is 541 g/mol. The van der Waals surface area contributed by atoms with Gasteiger partial charge in [0.1, 0.15) is 6.54 Å². The quantitative estimate of drug-likeness (QED) is 0.528. The highest BCUT2D eigenvalue weighted by Gasteiger charge is 2.56. The van der Waals surface area contributed by atoms with E-state index in [9.17, 15) is 19.5 Å². The fourth-order valence-electron chi connectivity index (χ4n) is 6.85. The van der Waals surface area contributed by atoms with Crippen LogP contribution in [0.25, 0.3) is 11.3 Å². The lowest BCUT2D eigenvalue weighted by atomic mass is 9.66. The largest absolute Gasteiger partial charge is 0.387 e. The molecule has 2 atom stereocenters. The first-order valence-electron chi connectivity index (χ1n) is 14.1. The number of amides is 3. The van der Waals surface area contributed by atoms with E-state index < -0.39 is 11.0 Å². The summed E-state index contributed by atoms with van der Waals surface area (Å²) >= 11 is 0. The summed E-state index contributed by atoms with van der Waals surface area (Å²) < 4.78 is 1.50. The predicted molar refractivity (Wildman–Crippen MR) is 150 cm³/mol. The molecule has 3 heterocycles. The van der Waals surface area contributed by atoms with E-state index >= 15 is 0 Å². The van der Waals surface area contributed by atoms with Gasteiger partial charge in [0.15, 0.2) is 0 Å². The molecule has 3 fully saturated rings. The second kappa shape index (κ2) is 10.5. The number of likely N-dealkylation sites (tertiary alicyclic amines) is 1. The summed E-state index contributed by atoms with van der Waals surface area (Å²) in [5.41, 5.74) is 0.550. The number of carbonyl (C=O) groups is 2. The van der Waals surface area contributed by atoms with Gasteiger partial charge in [-0.3, -0.25) is 14.2 Å². The zero-order valence-corrected chi connectivity index (χ0v) is 22.5. The van der Waals surface area contributed by atoms with Crippen molar-refractivity contribution >= 4 is 11.9 Å². The Hall–Kier alpha value is -3.98. The van der Waals surface area contributed by atoms with Crippen LogP contribution in [0.2, 0.25) is 0 Å². The molecule has 2 aliphatic heterocycles. The molecule has 2 N–H and O–H groups in total. The van der Waals surface area contributed by atoms with Gasteiger partial charge in [0, 0.05) is 36.7 Å². The number of urea groups is 1. The van der Waals surface area contributed by atoms with E-state index in [0.717, 1.165) is 36.8 Å². The van der Waals surface area contributed by atoms with Crippen molar-refractivity contribution in [3.63, 3.8) is 0 Å². The van der Waals surface area contributed by atoms with Gasteiger partial charge in [0.25, 0.3) is 5.56 Å². The third-order valence-electron chi connectivity index (χ3n) is 9.10. The Kier molecular flexibility index (Phi) is 6.92. The molecule has 0 radical (unpaired) electrons. The number of nitrogens with zero attached hydrogens (tertiary/aromatic N) is 4. The Morgan fingerprint density at radius 3 is 2.40 bits per heavy atom. The summed E-state index contributed by atoms with van der Waals surface area (Å²) in [4.78, 5) is 47.4. The Labute approximate surface area is 233 Å². The smallest absolute Gasteiger partial charge is 0.321 e. The van der Waals surface area contributed by atoms with E-state index in [2.05, 4.69) is 10.3 Å². The topological polar surface area (TPSA) is 108 Å². The molecule has 3 aromatic rings. The summed E-state index contributed by atoms with van der Waals surface area (Å²) in [5.74, 6) is -0.171. The minimum absolute atomic E-state index is 0.000980. The summed E-state index contributed by atoms with van der Waals surface area (Å²) in [6, 6.07) is 20.4. The van der Waals surface area contributed by atoms with E-state index in [0.29, 0.717) is 31.7 Å². The maximum absolute atomic E-state index is 13.9. The van der Waals surface area contributed by atoms with Gasteiger partial charge in [-0.25, -0.2) is 9.78 Å². The number of benzene rings is 2. The maximum atomic E-state index is 13.9. The zero-order chi connectivity index (χ0) is 27.7. The first kappa shape index (κ1) is 26.3. The average Bonchev–Trinajstić information content (AvgIpc) is 3.46. The van der Waals surface area contributed by atoms with Crippen molar-refractivity contribution in [3.05, 3.63) is 89.0 Å². The first-order chi connectivity index (χ1) is 19.4. The molecule has 1 spiro atoms. The molecule has 2 unspecified atom stereocenters. The molecule has 2 aromatic carbocycles. The molecule has 0 bridgehead atoms. The molecule has 208 valence electrons. The van der Waals surface area contributed by atoms with Crippen LogP contribution < -0.4 is 10.9 Å². The van der Waals surface area contributed by atoms with Crippen molar-refractivity contribution in [2.75, 3.05) is 26.2 Å². The van der Waals surface area contributed by atoms with E-state index in [1.54, 1.807) is 4.90 Å². The van der Waals surface area contributed by atoms with Gasteiger partial charge in [-0.15, -0.1) is 0 Å². The zero-order valence-electron chi connectivity index (χ0n) is 22.5. The van der Waals surface area contributed by atoms with Crippen LogP contribution in [-0.4, -0.2) is 68.2 Å². The molecule has 1 aliphatic carbocycles. The fraction of sp³-hybridized carbons (Fsp3) is 0.419. The number of piperazine rings is 1. The Balaban J connectivity index is 1.24. The number of nitrogens with one attached hydrogen (secondary N) is 1. The van der Waals surface area contributed by atoms with Crippen LogP contribution in [0, 0.1) is 5.41 Å². The summed E-state index contributed by atoms with van der Waals surface area (Å²) in [7, 11) is 0. The highest BCUT2D eigenvalue weighted by Crippen LogP contribution is 2.51. The molecule has 6 rings (SSSR count). The van der Waals surface area contributed by atoms with Crippen molar-refractivity contribution < 1.29 is 14.7 Å². The Bertz CT molecular complexity index is 1440. The summed E-state index contributed by atoms with van der Waals surface area (Å²) in [6.07, 6.45) is 5.36. The molecule has 40 heavy (non-hydrogen) atoms. The van der Waals surface area contributed by atoms with Crippen LogP contribution in [0.5, 0.6) is 0 Å². The third kappa shape index (κ3) is 4.79. The van der Waals surface area contributed by atoms with Crippen molar-refractivity contribution in [1.29, 1.82) is 0 Å². The SMILES string of the molecule is O=C1CN(C(=O)N2CCC(O)(Cn3cnc(-c4ccccc4)cc3=O)C3(CCCC3)C2)C(c2ccccc2)CN1. The molecule has 9 heteroatoms. The van der Waals surface area contributed by atoms with Gasteiger partial charge in [-0.05, 0) is 24.8 Å². The van der Waals surface area contributed by atoms with Crippen molar-refractivity contribution in [3.8, 4) is 11.3 Å². The van der Waals surface area contributed by atoms with Crippen LogP contribution in [0.4, 0.5) is 4.79 Å². The van der Waals surface area contributed by atoms with Crippen LogP contribution >= 0.6 is 0 Å². The van der Waals surface area contributed by atoms with Crippen LogP contribution in [0.15, 0.2) is 77.9 Å². The minimum Gasteiger partial charge on any atom is -0.387 e. The fourth-order valence-corrected chi connectivity index (χ4v) is 6.85. The predicted octanol–water partition coefficient (Wildman–Crippen LogP) is 3.20. The lowest BCUT2D eigenvalue weighted by Gasteiger charge is -2.53.